The maximum Gasteiger partial charge on any atom is 0.404 e. The van der Waals surface area contributed by atoms with Crippen LogP contribution in [-0.2, 0) is 61.6 Å². The molecule has 0 aliphatic carbocycles. The zero-order chi connectivity index (χ0) is 37.9. The highest BCUT2D eigenvalue weighted by molar-refractivity contribution is 5.89. The predicted octanol–water partition coefficient (Wildman–Crippen LogP) is 0.696. The first-order valence-corrected chi connectivity index (χ1v) is 17.3. The number of rotatable bonds is 15. The van der Waals surface area contributed by atoms with Crippen LogP contribution in [-0.4, -0.2) is 106 Å². The summed E-state index contributed by atoms with van der Waals surface area (Å²) in [5.41, 5.74) is 5.97. The molecule has 17 nitrogen and oxygen atoms in total. The van der Waals surface area contributed by atoms with Gasteiger partial charge in [-0.25, -0.2) is 14.6 Å². The van der Waals surface area contributed by atoms with Gasteiger partial charge in [-0.1, -0.05) is 25.1 Å². The fourth-order valence-corrected chi connectivity index (χ4v) is 6.86. The van der Waals surface area contributed by atoms with Crippen molar-refractivity contribution in [3.8, 4) is 11.4 Å². The Morgan fingerprint density at radius 1 is 1.06 bits per heavy atom. The minimum atomic E-state index is -1.87. The number of pyridine rings is 2. The number of para-hydroxylation sites is 1. The zero-order valence-corrected chi connectivity index (χ0v) is 28.9. The van der Waals surface area contributed by atoms with Gasteiger partial charge in [-0.05, 0) is 31.0 Å². The normalized spacial score (nSPS) is 24.5. The number of fused-ring (bicyclic) bond motifs is 5. The van der Waals surface area contributed by atoms with Crippen LogP contribution in [0.4, 0.5) is 4.79 Å². The van der Waals surface area contributed by atoms with Crippen molar-refractivity contribution in [3.05, 3.63) is 63.4 Å². The molecular formula is C36H41N3O14. The maximum absolute atomic E-state index is 13.7. The zero-order valence-electron chi connectivity index (χ0n) is 28.9. The molecule has 0 radical (unpaired) electrons. The molecule has 0 bridgehead atoms. The smallest absolute Gasteiger partial charge is 0.404 e. The summed E-state index contributed by atoms with van der Waals surface area (Å²) in [6.45, 7) is 1.16. The Bertz CT molecular complexity index is 1950. The van der Waals surface area contributed by atoms with Crippen LogP contribution in [0.5, 0.6) is 0 Å². The fraction of sp³-hybridized carbons (Fsp3) is 0.500. The summed E-state index contributed by atoms with van der Waals surface area (Å²) in [4.78, 5) is 68.7. The number of carbonyl (C=O) groups excluding carboxylic acids is 4. The van der Waals surface area contributed by atoms with Crippen molar-refractivity contribution in [1.82, 2.24) is 9.55 Å². The number of aliphatic hydroxyl groups is 3. The number of Topliss-reactive ketones (excluding diaryl/α,β-unsaturated/α-hetero) is 1. The summed E-state index contributed by atoms with van der Waals surface area (Å²) >= 11 is 0. The molecule has 6 rings (SSSR count). The van der Waals surface area contributed by atoms with Gasteiger partial charge in [0, 0.05) is 36.0 Å². The van der Waals surface area contributed by atoms with E-state index in [0.29, 0.717) is 24.4 Å². The molecule has 5 N–H and O–H groups in total. The average molecular weight is 740 g/mol. The van der Waals surface area contributed by atoms with Gasteiger partial charge in [-0.3, -0.25) is 14.4 Å². The molecule has 6 atom stereocenters. The van der Waals surface area contributed by atoms with Crippen molar-refractivity contribution in [3.63, 3.8) is 0 Å². The standard InChI is InChI=1S/C36H41N3O14/c1-2-36(23-15-25-28-20(14-19-6-3-4-8-24(19)38-28)16-39(25)32(45)22(23)18-50-34(36)46)53-27(42)10-9-21(41)7-5-11-48-12-13-49-33-30(44)31(52-35(37)47)29(43)26(17-40)51-33/h3-4,6,8,14-15,26,29-31,33,40,43-44H,2,5,7,9-13,16-18H2,1H3,(H2,37,47)/t26-,29+,30-,31-,33-,36-/m0/s1. The molecule has 284 valence electrons. The predicted molar refractivity (Wildman–Crippen MR) is 181 cm³/mol. The van der Waals surface area contributed by atoms with Gasteiger partial charge in [-0.2, -0.15) is 0 Å². The molecule has 17 heteroatoms. The molecule has 0 saturated carbocycles. The molecule has 1 aromatic carbocycles. The highest BCUT2D eigenvalue weighted by Gasteiger charge is 2.50. The summed E-state index contributed by atoms with van der Waals surface area (Å²) in [6.07, 6.45) is -8.41. The molecule has 0 spiro atoms. The van der Waals surface area contributed by atoms with Gasteiger partial charge in [0.15, 0.2) is 12.4 Å². The number of esters is 2. The Morgan fingerprint density at radius 3 is 2.60 bits per heavy atom. The highest BCUT2D eigenvalue weighted by Crippen LogP contribution is 2.41. The number of hydrogen-bond acceptors (Lipinski definition) is 15. The maximum atomic E-state index is 13.7. The fourth-order valence-electron chi connectivity index (χ4n) is 6.86. The van der Waals surface area contributed by atoms with Crippen molar-refractivity contribution in [2.45, 2.75) is 88.5 Å². The summed E-state index contributed by atoms with van der Waals surface area (Å²) in [5.74, 6) is -1.83. The van der Waals surface area contributed by atoms with Crippen LogP contribution < -0.4 is 11.3 Å². The molecular weight excluding hydrogens is 698 g/mol. The second-order valence-electron chi connectivity index (χ2n) is 13.0. The first-order valence-electron chi connectivity index (χ1n) is 17.3. The number of benzene rings is 1. The van der Waals surface area contributed by atoms with E-state index in [2.05, 4.69) is 0 Å². The largest absolute Gasteiger partial charge is 0.457 e. The summed E-state index contributed by atoms with van der Waals surface area (Å²) in [7, 11) is 0. The number of hydrogen-bond donors (Lipinski definition) is 4. The SMILES string of the molecule is CC[C@@]1(OC(=O)CCC(=O)CCCOCCO[C@H]2O[C@@H](CO)[C@@H](O)[C@H](OC(N)=O)[C@@H]2O)C(=O)OCc2c1cc1n(c2=O)Cc2cc3ccccc3nc2-1. The van der Waals surface area contributed by atoms with Gasteiger partial charge in [0.25, 0.3) is 5.56 Å². The third kappa shape index (κ3) is 7.67. The molecule has 1 saturated heterocycles. The van der Waals surface area contributed by atoms with Crippen LogP contribution in [0.3, 0.4) is 0 Å². The summed E-state index contributed by atoms with van der Waals surface area (Å²) in [6, 6.07) is 11.3. The Morgan fingerprint density at radius 2 is 1.85 bits per heavy atom. The summed E-state index contributed by atoms with van der Waals surface area (Å²) < 4.78 is 33.7. The molecule has 5 heterocycles. The Hall–Kier alpha value is -4.78. The molecule has 0 unspecified atom stereocenters. The van der Waals surface area contributed by atoms with Gasteiger partial charge in [-0.15, -0.1) is 0 Å². The van der Waals surface area contributed by atoms with E-state index in [1.54, 1.807) is 17.6 Å². The number of aromatic nitrogens is 2. The van der Waals surface area contributed by atoms with Crippen molar-refractivity contribution >= 4 is 34.7 Å². The molecule has 1 fully saturated rings. The van der Waals surface area contributed by atoms with E-state index < -0.39 is 60.9 Å². The van der Waals surface area contributed by atoms with Gasteiger partial charge < -0.3 is 54.0 Å². The highest BCUT2D eigenvalue weighted by atomic mass is 16.7. The lowest BCUT2D eigenvalue weighted by Crippen LogP contribution is -2.60. The number of nitrogens with zero attached hydrogens (tertiary/aromatic N) is 2. The third-order valence-electron chi connectivity index (χ3n) is 9.61. The molecule has 2 aromatic heterocycles. The number of ether oxygens (including phenoxy) is 6. The van der Waals surface area contributed by atoms with E-state index in [9.17, 15) is 39.3 Å². The minimum absolute atomic E-state index is 0.00198. The van der Waals surface area contributed by atoms with Crippen molar-refractivity contribution in [2.24, 2.45) is 5.73 Å². The number of carbonyl (C=O) groups is 4. The number of primary amides is 1. The quantitative estimate of drug-likeness (QED) is 0.0745. The first-order chi connectivity index (χ1) is 25.5. The number of ketones is 1. The third-order valence-corrected chi connectivity index (χ3v) is 9.61. The first kappa shape index (κ1) is 38.0. The van der Waals surface area contributed by atoms with Gasteiger partial charge in [0.2, 0.25) is 5.60 Å². The molecule has 3 aliphatic heterocycles. The van der Waals surface area contributed by atoms with Crippen molar-refractivity contribution < 1.29 is 62.9 Å². The average Bonchev–Trinajstić information content (AvgIpc) is 3.50. The van der Waals surface area contributed by atoms with Gasteiger partial charge >= 0.3 is 18.0 Å². The topological polar surface area (TPSA) is 245 Å². The van der Waals surface area contributed by atoms with E-state index in [4.69, 9.17) is 39.1 Å². The van der Waals surface area contributed by atoms with Crippen LogP contribution in [0.15, 0.2) is 41.2 Å². The monoisotopic (exact) mass is 739 g/mol. The van der Waals surface area contributed by atoms with E-state index in [0.717, 1.165) is 16.5 Å². The molecule has 3 aromatic rings. The lowest BCUT2D eigenvalue weighted by Gasteiger charge is -2.40. The van der Waals surface area contributed by atoms with E-state index in [1.807, 2.05) is 30.3 Å². The molecule has 53 heavy (non-hydrogen) atoms. The number of amides is 1. The van der Waals surface area contributed by atoms with Gasteiger partial charge in [0.1, 0.15) is 30.7 Å². The summed E-state index contributed by atoms with van der Waals surface area (Å²) in [5, 5.41) is 30.9. The number of aliphatic hydroxyl groups excluding tert-OH is 3. The lowest BCUT2D eigenvalue weighted by molar-refractivity contribution is -0.301. The van der Waals surface area contributed by atoms with Crippen molar-refractivity contribution in [2.75, 3.05) is 26.4 Å². The van der Waals surface area contributed by atoms with Crippen LogP contribution in [0.2, 0.25) is 0 Å². The lowest BCUT2D eigenvalue weighted by atomic mass is 9.85. The number of nitrogens with two attached hydrogens (primary N) is 1. The number of cyclic esters (lactones) is 1. The molecule has 1 amide bonds. The Labute approximate surface area is 302 Å². The van der Waals surface area contributed by atoms with Crippen LogP contribution in [0.1, 0.15) is 55.7 Å². The second-order valence-corrected chi connectivity index (χ2v) is 13.0. The van der Waals surface area contributed by atoms with E-state index >= 15 is 0 Å². The minimum Gasteiger partial charge on any atom is -0.457 e. The van der Waals surface area contributed by atoms with E-state index in [-0.39, 0.29) is 74.6 Å². The second kappa shape index (κ2) is 16.1. The van der Waals surface area contributed by atoms with Crippen molar-refractivity contribution in [1.29, 1.82) is 0 Å². The van der Waals surface area contributed by atoms with E-state index in [1.165, 1.54) is 0 Å². The Kier molecular flexibility index (Phi) is 11.5. The van der Waals surface area contributed by atoms with Crippen LogP contribution >= 0.6 is 0 Å². The van der Waals surface area contributed by atoms with Crippen LogP contribution in [0.25, 0.3) is 22.3 Å². The molecule has 3 aliphatic rings. The Balaban J connectivity index is 0.991. The van der Waals surface area contributed by atoms with Crippen LogP contribution in [0, 0.1) is 0 Å². The van der Waals surface area contributed by atoms with Gasteiger partial charge in [0.05, 0.1) is 55.3 Å².